The van der Waals surface area contributed by atoms with Crippen LogP contribution in [0.5, 0.6) is 0 Å². The van der Waals surface area contributed by atoms with Crippen molar-refractivity contribution in [2.45, 2.75) is 26.8 Å². The van der Waals surface area contributed by atoms with Gasteiger partial charge in [0.05, 0.1) is 18.2 Å². The first-order valence-electron chi connectivity index (χ1n) is 6.19. The average molecular weight is 265 g/mol. The van der Waals surface area contributed by atoms with Crippen LogP contribution in [-0.2, 0) is 11.3 Å². The molecular formula is C13H19N3O3. The Bertz CT molecular complexity index is 449. The van der Waals surface area contributed by atoms with Crippen LogP contribution in [0.15, 0.2) is 18.3 Å². The molecule has 0 aromatic carbocycles. The summed E-state index contributed by atoms with van der Waals surface area (Å²) in [4.78, 5) is 26.5. The molecule has 0 aliphatic heterocycles. The lowest BCUT2D eigenvalue weighted by atomic mass is 10.1. The molecule has 0 saturated heterocycles. The molecule has 104 valence electrons. The number of nitrogens with one attached hydrogen (secondary N) is 2. The Kier molecular flexibility index (Phi) is 5.78. The Hall–Kier alpha value is -2.11. The molecule has 0 spiro atoms. The van der Waals surface area contributed by atoms with Crippen molar-refractivity contribution in [2.24, 2.45) is 5.92 Å². The predicted octanol–water partition coefficient (Wildman–Crippen LogP) is 1.30. The van der Waals surface area contributed by atoms with Crippen LogP contribution in [0, 0.1) is 12.8 Å². The van der Waals surface area contributed by atoms with Crippen LogP contribution in [0.1, 0.15) is 24.6 Å². The number of urea groups is 1. The number of nitrogens with zero attached hydrogens (tertiary/aromatic N) is 1. The zero-order valence-corrected chi connectivity index (χ0v) is 11.1. The van der Waals surface area contributed by atoms with E-state index in [2.05, 4.69) is 15.6 Å². The molecule has 1 atom stereocenters. The highest BCUT2D eigenvalue weighted by molar-refractivity contribution is 5.75. The summed E-state index contributed by atoms with van der Waals surface area (Å²) < 4.78 is 0. The fourth-order valence-electron chi connectivity index (χ4n) is 1.55. The molecule has 0 radical (unpaired) electrons. The van der Waals surface area contributed by atoms with Gasteiger partial charge in [0, 0.05) is 12.7 Å². The van der Waals surface area contributed by atoms with Gasteiger partial charge in [-0.25, -0.2) is 4.79 Å². The number of hydrogen-bond donors (Lipinski definition) is 3. The smallest absolute Gasteiger partial charge is 0.315 e. The van der Waals surface area contributed by atoms with Gasteiger partial charge in [-0.05, 0) is 25.0 Å². The van der Waals surface area contributed by atoms with Gasteiger partial charge in [0.2, 0.25) is 0 Å². The van der Waals surface area contributed by atoms with E-state index >= 15 is 0 Å². The highest BCUT2D eigenvalue weighted by atomic mass is 16.4. The lowest BCUT2D eigenvalue weighted by molar-refractivity contribution is -0.141. The standard InChI is InChI=1S/C13H19N3O3/c1-3-10(12(17)18)7-15-13(19)16-8-11-9(2)5-4-6-14-11/h4-6,10H,3,7-8H2,1-2H3,(H,17,18)(H2,15,16,19). The van der Waals surface area contributed by atoms with Crippen LogP contribution >= 0.6 is 0 Å². The lowest BCUT2D eigenvalue weighted by Crippen LogP contribution is -2.39. The van der Waals surface area contributed by atoms with E-state index in [9.17, 15) is 9.59 Å². The number of hydrogen-bond acceptors (Lipinski definition) is 3. The van der Waals surface area contributed by atoms with Crippen molar-refractivity contribution in [2.75, 3.05) is 6.54 Å². The third-order valence-electron chi connectivity index (χ3n) is 2.89. The molecular weight excluding hydrogens is 246 g/mol. The normalized spacial score (nSPS) is 11.7. The number of carbonyl (C=O) groups is 2. The molecule has 19 heavy (non-hydrogen) atoms. The molecule has 1 unspecified atom stereocenters. The molecule has 2 amide bonds. The van der Waals surface area contributed by atoms with Crippen LogP contribution in [0.4, 0.5) is 4.79 Å². The first kappa shape index (κ1) is 14.9. The van der Waals surface area contributed by atoms with Gasteiger partial charge in [0.25, 0.3) is 0 Å². The second-order valence-electron chi connectivity index (χ2n) is 4.27. The van der Waals surface area contributed by atoms with E-state index < -0.39 is 11.9 Å². The lowest BCUT2D eigenvalue weighted by Gasteiger charge is -2.12. The van der Waals surface area contributed by atoms with Crippen LogP contribution in [0.25, 0.3) is 0 Å². The number of amides is 2. The van der Waals surface area contributed by atoms with Crippen molar-refractivity contribution in [1.29, 1.82) is 0 Å². The molecule has 1 aromatic rings. The molecule has 0 aliphatic carbocycles. The fraction of sp³-hybridized carbons (Fsp3) is 0.462. The van der Waals surface area contributed by atoms with Crippen LogP contribution in [-0.4, -0.2) is 28.6 Å². The van der Waals surface area contributed by atoms with Gasteiger partial charge in [-0.1, -0.05) is 13.0 Å². The molecule has 0 aliphatic rings. The van der Waals surface area contributed by atoms with Gasteiger partial charge < -0.3 is 15.7 Å². The summed E-state index contributed by atoms with van der Waals surface area (Å²) in [5.74, 6) is -1.45. The SMILES string of the molecule is CCC(CNC(=O)NCc1ncccc1C)C(=O)O. The molecule has 6 nitrogen and oxygen atoms in total. The third-order valence-corrected chi connectivity index (χ3v) is 2.89. The Morgan fingerprint density at radius 2 is 2.16 bits per heavy atom. The number of pyridine rings is 1. The third kappa shape index (κ3) is 4.95. The second kappa shape index (κ2) is 7.35. The van der Waals surface area contributed by atoms with Gasteiger partial charge in [0.15, 0.2) is 0 Å². The fourth-order valence-corrected chi connectivity index (χ4v) is 1.55. The molecule has 0 fully saturated rings. The maximum Gasteiger partial charge on any atom is 0.315 e. The number of carboxylic acid groups (broad SMARTS) is 1. The number of aliphatic carboxylic acids is 1. The summed E-state index contributed by atoms with van der Waals surface area (Å²) in [5.41, 5.74) is 1.79. The first-order chi connectivity index (χ1) is 9.04. The van der Waals surface area contributed by atoms with Gasteiger partial charge in [0.1, 0.15) is 0 Å². The molecule has 1 heterocycles. The quantitative estimate of drug-likeness (QED) is 0.723. The Morgan fingerprint density at radius 3 is 2.74 bits per heavy atom. The second-order valence-corrected chi connectivity index (χ2v) is 4.27. The van der Waals surface area contributed by atoms with Gasteiger partial charge in [-0.2, -0.15) is 0 Å². The predicted molar refractivity (Wildman–Crippen MR) is 70.6 cm³/mol. The summed E-state index contributed by atoms with van der Waals surface area (Å²) >= 11 is 0. The number of aromatic nitrogens is 1. The van der Waals surface area contributed by atoms with E-state index in [1.807, 2.05) is 19.1 Å². The van der Waals surface area contributed by atoms with Crippen molar-refractivity contribution in [3.05, 3.63) is 29.6 Å². The van der Waals surface area contributed by atoms with E-state index in [1.54, 1.807) is 13.1 Å². The summed E-state index contributed by atoms with van der Waals surface area (Å²) in [5, 5.41) is 14.0. The monoisotopic (exact) mass is 265 g/mol. The van der Waals surface area contributed by atoms with E-state index in [1.165, 1.54) is 0 Å². The van der Waals surface area contributed by atoms with Crippen LogP contribution in [0.3, 0.4) is 0 Å². The van der Waals surface area contributed by atoms with Gasteiger partial charge >= 0.3 is 12.0 Å². The van der Waals surface area contributed by atoms with E-state index in [0.29, 0.717) is 13.0 Å². The minimum atomic E-state index is -0.900. The zero-order chi connectivity index (χ0) is 14.3. The number of aryl methyl sites for hydroxylation is 1. The van der Waals surface area contributed by atoms with E-state index in [4.69, 9.17) is 5.11 Å². The van der Waals surface area contributed by atoms with Crippen LogP contribution in [0.2, 0.25) is 0 Å². The molecule has 0 saturated carbocycles. The van der Waals surface area contributed by atoms with E-state index in [-0.39, 0.29) is 12.6 Å². The maximum atomic E-state index is 11.5. The summed E-state index contributed by atoms with van der Waals surface area (Å²) in [6.45, 7) is 4.14. The molecule has 1 rings (SSSR count). The Balaban J connectivity index is 2.36. The average Bonchev–Trinajstić information content (AvgIpc) is 2.38. The van der Waals surface area contributed by atoms with Crippen molar-refractivity contribution in [1.82, 2.24) is 15.6 Å². The summed E-state index contributed by atoms with van der Waals surface area (Å²) in [7, 11) is 0. The highest BCUT2D eigenvalue weighted by Crippen LogP contribution is 2.02. The Morgan fingerprint density at radius 1 is 1.42 bits per heavy atom. The zero-order valence-electron chi connectivity index (χ0n) is 11.1. The van der Waals surface area contributed by atoms with E-state index in [0.717, 1.165) is 11.3 Å². The topological polar surface area (TPSA) is 91.3 Å². The molecule has 6 heteroatoms. The number of carboxylic acids is 1. The minimum Gasteiger partial charge on any atom is -0.481 e. The molecule has 0 bridgehead atoms. The Labute approximate surface area is 112 Å². The summed E-state index contributed by atoms with van der Waals surface area (Å²) in [6, 6.07) is 3.36. The van der Waals surface area contributed by atoms with Crippen molar-refractivity contribution >= 4 is 12.0 Å². The maximum absolute atomic E-state index is 11.5. The minimum absolute atomic E-state index is 0.124. The largest absolute Gasteiger partial charge is 0.481 e. The van der Waals surface area contributed by atoms with Crippen molar-refractivity contribution < 1.29 is 14.7 Å². The number of rotatable bonds is 6. The van der Waals surface area contributed by atoms with Crippen LogP contribution < -0.4 is 10.6 Å². The molecule has 3 N–H and O–H groups in total. The first-order valence-corrected chi connectivity index (χ1v) is 6.19. The highest BCUT2D eigenvalue weighted by Gasteiger charge is 2.15. The van der Waals surface area contributed by atoms with Gasteiger partial charge in [-0.3, -0.25) is 9.78 Å². The molecule has 1 aromatic heterocycles. The van der Waals surface area contributed by atoms with Gasteiger partial charge in [-0.15, -0.1) is 0 Å². The number of carbonyl (C=O) groups excluding carboxylic acids is 1. The van der Waals surface area contributed by atoms with Crippen molar-refractivity contribution in [3.8, 4) is 0 Å². The summed E-state index contributed by atoms with van der Waals surface area (Å²) in [6.07, 6.45) is 2.15. The van der Waals surface area contributed by atoms with Crippen molar-refractivity contribution in [3.63, 3.8) is 0 Å².